The monoisotopic (exact) mass is 260 g/mol. The van der Waals surface area contributed by atoms with Crippen LogP contribution in [0.2, 0.25) is 0 Å². The van der Waals surface area contributed by atoms with Crippen LogP contribution >= 0.6 is 0 Å². The van der Waals surface area contributed by atoms with Crippen LogP contribution in [-0.4, -0.2) is 41.1 Å². The van der Waals surface area contributed by atoms with Gasteiger partial charge in [0.05, 0.1) is 0 Å². The third-order valence-electron chi connectivity index (χ3n) is 4.08. The summed E-state index contributed by atoms with van der Waals surface area (Å²) in [5.41, 5.74) is 0. The predicted octanol–water partition coefficient (Wildman–Crippen LogP) is 1.83. The third-order valence-corrected chi connectivity index (χ3v) is 4.08. The average Bonchev–Trinajstić information content (AvgIpc) is 2.83. The van der Waals surface area contributed by atoms with Crippen molar-refractivity contribution in [3.63, 3.8) is 0 Å². The first kappa shape index (κ1) is 12.4. The minimum absolute atomic E-state index is 0.142. The molecule has 0 aromatic carbocycles. The van der Waals surface area contributed by atoms with Crippen LogP contribution < -0.4 is 10.6 Å². The molecule has 2 atom stereocenters. The Labute approximate surface area is 113 Å². The Bertz CT molecular complexity index is 436. The molecule has 19 heavy (non-hydrogen) atoms. The van der Waals surface area contributed by atoms with Gasteiger partial charge in [-0.05, 0) is 37.9 Å². The average molecular weight is 260 g/mol. The minimum atomic E-state index is -0.142. The number of hydrogen-bond acceptors (Lipinski definition) is 3. The Hall–Kier alpha value is -1.62. The third kappa shape index (κ3) is 2.87. The first-order valence-corrected chi connectivity index (χ1v) is 7.05. The lowest BCUT2D eigenvalue weighted by Crippen LogP contribution is -2.48. The Morgan fingerprint density at radius 1 is 1.26 bits per heavy atom. The Kier molecular flexibility index (Phi) is 3.64. The molecular formula is C14H20N4O. The molecule has 5 nitrogen and oxygen atoms in total. The number of urea groups is 1. The fraction of sp³-hybridized carbons (Fsp3) is 0.571. The number of carbonyl (C=O) groups is 1. The maximum absolute atomic E-state index is 12.0. The lowest BCUT2D eigenvalue weighted by atomic mass is 9.99. The van der Waals surface area contributed by atoms with E-state index in [1.54, 1.807) is 12.3 Å². The van der Waals surface area contributed by atoms with Crippen LogP contribution in [0.15, 0.2) is 24.4 Å². The summed E-state index contributed by atoms with van der Waals surface area (Å²) in [7, 11) is 0. The molecule has 0 aliphatic carbocycles. The van der Waals surface area contributed by atoms with Crippen LogP contribution in [0.3, 0.4) is 0 Å². The van der Waals surface area contributed by atoms with Crippen molar-refractivity contribution in [3.05, 3.63) is 24.4 Å². The van der Waals surface area contributed by atoms with Crippen molar-refractivity contribution in [1.29, 1.82) is 0 Å². The van der Waals surface area contributed by atoms with E-state index >= 15 is 0 Å². The molecular weight excluding hydrogens is 240 g/mol. The van der Waals surface area contributed by atoms with Crippen LogP contribution in [0, 0.1) is 0 Å². The van der Waals surface area contributed by atoms with Gasteiger partial charge >= 0.3 is 6.03 Å². The first-order valence-electron chi connectivity index (χ1n) is 7.05. The van der Waals surface area contributed by atoms with Crippen molar-refractivity contribution in [2.45, 2.75) is 37.8 Å². The molecule has 2 fully saturated rings. The number of nitrogens with one attached hydrogen (secondary N) is 2. The molecule has 3 rings (SSSR count). The van der Waals surface area contributed by atoms with Crippen molar-refractivity contribution in [3.8, 4) is 0 Å². The number of piperidine rings is 1. The van der Waals surface area contributed by atoms with Crippen molar-refractivity contribution in [2.75, 3.05) is 18.4 Å². The zero-order chi connectivity index (χ0) is 13.1. The largest absolute Gasteiger partial charge is 0.333 e. The van der Waals surface area contributed by atoms with E-state index in [1.165, 1.54) is 25.8 Å². The number of fused-ring (bicyclic) bond motifs is 1. The number of carbonyl (C=O) groups excluding carboxylic acids is 1. The zero-order valence-electron chi connectivity index (χ0n) is 11.0. The summed E-state index contributed by atoms with van der Waals surface area (Å²) in [4.78, 5) is 18.6. The summed E-state index contributed by atoms with van der Waals surface area (Å²) in [6.07, 6.45) is 6.51. The zero-order valence-corrected chi connectivity index (χ0v) is 11.0. The van der Waals surface area contributed by atoms with Gasteiger partial charge in [-0.25, -0.2) is 9.78 Å². The molecule has 5 heteroatoms. The lowest BCUT2D eigenvalue weighted by molar-refractivity contribution is 0.180. The maximum Gasteiger partial charge on any atom is 0.320 e. The summed E-state index contributed by atoms with van der Waals surface area (Å²) >= 11 is 0. The fourth-order valence-corrected chi connectivity index (χ4v) is 3.17. The highest BCUT2D eigenvalue weighted by atomic mass is 16.2. The second-order valence-corrected chi connectivity index (χ2v) is 5.31. The molecule has 0 saturated carbocycles. The van der Waals surface area contributed by atoms with E-state index in [2.05, 4.69) is 20.5 Å². The fourth-order valence-electron chi connectivity index (χ4n) is 3.17. The van der Waals surface area contributed by atoms with E-state index in [4.69, 9.17) is 0 Å². The second-order valence-electron chi connectivity index (χ2n) is 5.31. The molecule has 2 saturated heterocycles. The summed E-state index contributed by atoms with van der Waals surface area (Å²) in [5, 5.41) is 5.88. The number of pyridine rings is 1. The number of nitrogens with zero attached hydrogens (tertiary/aromatic N) is 2. The smallest absolute Gasteiger partial charge is 0.320 e. The standard InChI is InChI=1S/C14H20N4O/c19-14(17-13-6-1-3-8-15-13)16-11-7-10-18-9-4-2-5-12(11)18/h1,3,6,8,11-12H,2,4-5,7,9-10H2,(H2,15,16,17,19)/t11-,12+/m0/s1. The van der Waals surface area contributed by atoms with Crippen molar-refractivity contribution in [1.82, 2.24) is 15.2 Å². The number of anilines is 1. The van der Waals surface area contributed by atoms with Gasteiger partial charge in [0, 0.05) is 24.8 Å². The summed E-state index contributed by atoms with van der Waals surface area (Å²) in [6.45, 7) is 2.30. The van der Waals surface area contributed by atoms with Gasteiger partial charge in [-0.2, -0.15) is 0 Å². The summed E-state index contributed by atoms with van der Waals surface area (Å²) < 4.78 is 0. The number of hydrogen-bond donors (Lipinski definition) is 2. The Morgan fingerprint density at radius 3 is 3.05 bits per heavy atom. The van der Waals surface area contributed by atoms with Crippen LogP contribution in [0.1, 0.15) is 25.7 Å². The van der Waals surface area contributed by atoms with E-state index in [0.29, 0.717) is 11.9 Å². The van der Waals surface area contributed by atoms with E-state index < -0.39 is 0 Å². The molecule has 0 unspecified atom stereocenters. The summed E-state index contributed by atoms with van der Waals surface area (Å²) in [6, 6.07) is 6.16. The molecule has 3 heterocycles. The van der Waals surface area contributed by atoms with Gasteiger partial charge in [0.15, 0.2) is 0 Å². The SMILES string of the molecule is O=C(Nc1ccccn1)N[C@H]1CCN2CCCC[C@H]12. The molecule has 2 N–H and O–H groups in total. The highest BCUT2D eigenvalue weighted by molar-refractivity contribution is 5.88. The maximum atomic E-state index is 12.0. The summed E-state index contributed by atoms with van der Waals surface area (Å²) in [5.74, 6) is 0.596. The van der Waals surface area contributed by atoms with Gasteiger partial charge in [0.25, 0.3) is 0 Å². The molecule has 2 aliphatic heterocycles. The van der Waals surface area contributed by atoms with Crippen molar-refractivity contribution < 1.29 is 4.79 Å². The van der Waals surface area contributed by atoms with E-state index in [0.717, 1.165) is 13.0 Å². The van der Waals surface area contributed by atoms with Gasteiger partial charge < -0.3 is 5.32 Å². The number of aromatic nitrogens is 1. The number of rotatable bonds is 2. The Balaban J connectivity index is 1.55. The van der Waals surface area contributed by atoms with Crippen LogP contribution in [-0.2, 0) is 0 Å². The van der Waals surface area contributed by atoms with Crippen LogP contribution in [0.4, 0.5) is 10.6 Å². The molecule has 2 aliphatic rings. The molecule has 0 spiro atoms. The van der Waals surface area contributed by atoms with Gasteiger partial charge in [-0.15, -0.1) is 0 Å². The number of amides is 2. The highest BCUT2D eigenvalue weighted by Gasteiger charge is 2.36. The van der Waals surface area contributed by atoms with Crippen molar-refractivity contribution in [2.24, 2.45) is 0 Å². The quantitative estimate of drug-likeness (QED) is 0.853. The molecule has 1 aromatic rings. The molecule has 1 aromatic heterocycles. The Morgan fingerprint density at radius 2 is 2.21 bits per heavy atom. The molecule has 102 valence electrons. The van der Waals surface area contributed by atoms with Gasteiger partial charge in [0.2, 0.25) is 0 Å². The topological polar surface area (TPSA) is 57.3 Å². The molecule has 2 amide bonds. The van der Waals surface area contributed by atoms with Crippen LogP contribution in [0.5, 0.6) is 0 Å². The van der Waals surface area contributed by atoms with Gasteiger partial charge in [-0.3, -0.25) is 10.2 Å². The molecule has 0 radical (unpaired) electrons. The minimum Gasteiger partial charge on any atom is -0.333 e. The second kappa shape index (κ2) is 5.57. The first-order chi connectivity index (χ1) is 9.33. The van der Waals surface area contributed by atoms with Crippen LogP contribution in [0.25, 0.3) is 0 Å². The molecule has 0 bridgehead atoms. The van der Waals surface area contributed by atoms with Gasteiger partial charge in [0.1, 0.15) is 5.82 Å². The predicted molar refractivity (Wildman–Crippen MR) is 74.0 cm³/mol. The van der Waals surface area contributed by atoms with Gasteiger partial charge in [-0.1, -0.05) is 12.5 Å². The van der Waals surface area contributed by atoms with E-state index in [1.807, 2.05) is 12.1 Å². The normalized spacial score (nSPS) is 26.7. The van der Waals surface area contributed by atoms with Crippen molar-refractivity contribution >= 4 is 11.8 Å². The van der Waals surface area contributed by atoms with E-state index in [-0.39, 0.29) is 12.1 Å². The lowest BCUT2D eigenvalue weighted by Gasteiger charge is -2.32. The highest BCUT2D eigenvalue weighted by Crippen LogP contribution is 2.27. The van der Waals surface area contributed by atoms with E-state index in [9.17, 15) is 4.79 Å².